The predicted octanol–water partition coefficient (Wildman–Crippen LogP) is 3.12. The van der Waals surface area contributed by atoms with Crippen molar-refractivity contribution in [2.24, 2.45) is 0 Å². The Kier molecular flexibility index (Phi) is 6.00. The summed E-state index contributed by atoms with van der Waals surface area (Å²) in [6.07, 6.45) is -2.93. The fourth-order valence-electron chi connectivity index (χ4n) is 1.70. The first-order valence-electron chi connectivity index (χ1n) is 6.12. The van der Waals surface area contributed by atoms with Crippen molar-refractivity contribution in [3.05, 3.63) is 23.3 Å². The zero-order valence-corrected chi connectivity index (χ0v) is 11.7. The molecule has 0 radical (unpaired) electrons. The normalized spacial score (nSPS) is 12.2. The van der Waals surface area contributed by atoms with Gasteiger partial charge in [-0.25, -0.2) is 9.97 Å². The standard InChI is InChI=1S/C12H17ClF3N3/c1-3-19(4-2)6-5-10-17-8-9(7-13)11(18-10)12(14,15)16/h8H,3-7H2,1-2H3. The van der Waals surface area contributed by atoms with Crippen LogP contribution in [0.1, 0.15) is 30.9 Å². The Balaban J connectivity index is 2.87. The van der Waals surface area contributed by atoms with Crippen molar-refractivity contribution in [3.63, 3.8) is 0 Å². The third-order valence-corrected chi connectivity index (χ3v) is 3.16. The lowest BCUT2D eigenvalue weighted by Crippen LogP contribution is -2.26. The molecule has 0 amide bonds. The molecule has 0 aliphatic heterocycles. The zero-order valence-electron chi connectivity index (χ0n) is 11.0. The SMILES string of the molecule is CCN(CC)CCc1ncc(CCl)c(C(F)(F)F)n1. The van der Waals surface area contributed by atoms with E-state index in [1.807, 2.05) is 13.8 Å². The second-order valence-electron chi connectivity index (χ2n) is 4.07. The van der Waals surface area contributed by atoms with E-state index in [0.29, 0.717) is 13.0 Å². The fraction of sp³-hybridized carbons (Fsp3) is 0.667. The van der Waals surface area contributed by atoms with Gasteiger partial charge in [-0.2, -0.15) is 13.2 Å². The molecular formula is C12H17ClF3N3. The van der Waals surface area contributed by atoms with Gasteiger partial charge in [-0.3, -0.25) is 0 Å². The summed E-state index contributed by atoms with van der Waals surface area (Å²) in [6, 6.07) is 0. The molecule has 1 rings (SSSR count). The highest BCUT2D eigenvalue weighted by Gasteiger charge is 2.35. The fourth-order valence-corrected chi connectivity index (χ4v) is 1.90. The number of nitrogens with zero attached hydrogens (tertiary/aromatic N) is 3. The van der Waals surface area contributed by atoms with E-state index in [9.17, 15) is 13.2 Å². The second-order valence-corrected chi connectivity index (χ2v) is 4.34. The maximum atomic E-state index is 12.8. The summed E-state index contributed by atoms with van der Waals surface area (Å²) >= 11 is 5.47. The number of hydrogen-bond acceptors (Lipinski definition) is 3. The van der Waals surface area contributed by atoms with E-state index >= 15 is 0 Å². The Hall–Kier alpha value is -0.880. The van der Waals surface area contributed by atoms with Gasteiger partial charge in [-0.1, -0.05) is 13.8 Å². The molecule has 1 aromatic rings. The molecule has 3 nitrogen and oxygen atoms in total. The van der Waals surface area contributed by atoms with Crippen LogP contribution in [0.3, 0.4) is 0 Å². The molecular weight excluding hydrogens is 279 g/mol. The molecule has 0 bridgehead atoms. The molecule has 0 fully saturated rings. The van der Waals surface area contributed by atoms with Crippen molar-refractivity contribution < 1.29 is 13.2 Å². The van der Waals surface area contributed by atoms with E-state index in [4.69, 9.17) is 11.6 Å². The first-order chi connectivity index (χ1) is 8.92. The maximum Gasteiger partial charge on any atom is 0.433 e. The molecule has 0 aliphatic rings. The van der Waals surface area contributed by atoms with Crippen LogP contribution >= 0.6 is 11.6 Å². The van der Waals surface area contributed by atoms with Crippen LogP contribution in [-0.4, -0.2) is 34.5 Å². The molecule has 0 saturated heterocycles. The molecule has 0 aromatic carbocycles. The smallest absolute Gasteiger partial charge is 0.303 e. The predicted molar refractivity (Wildman–Crippen MR) is 68.1 cm³/mol. The first-order valence-corrected chi connectivity index (χ1v) is 6.66. The maximum absolute atomic E-state index is 12.8. The topological polar surface area (TPSA) is 29.0 Å². The largest absolute Gasteiger partial charge is 0.433 e. The molecule has 0 unspecified atom stereocenters. The van der Waals surface area contributed by atoms with E-state index < -0.39 is 11.9 Å². The lowest BCUT2D eigenvalue weighted by atomic mass is 10.2. The average Bonchev–Trinajstić information content (AvgIpc) is 2.38. The van der Waals surface area contributed by atoms with Gasteiger partial charge in [0.2, 0.25) is 0 Å². The Morgan fingerprint density at radius 1 is 1.26 bits per heavy atom. The van der Waals surface area contributed by atoms with Crippen LogP contribution in [0.5, 0.6) is 0 Å². The third-order valence-electron chi connectivity index (χ3n) is 2.87. The highest BCUT2D eigenvalue weighted by molar-refractivity contribution is 6.17. The van der Waals surface area contributed by atoms with E-state index in [-0.39, 0.29) is 17.3 Å². The van der Waals surface area contributed by atoms with Gasteiger partial charge in [0, 0.05) is 24.7 Å². The van der Waals surface area contributed by atoms with Gasteiger partial charge in [0.25, 0.3) is 0 Å². The number of halogens is 4. The van der Waals surface area contributed by atoms with Crippen LogP contribution in [0.25, 0.3) is 0 Å². The number of hydrogen-bond donors (Lipinski definition) is 0. The van der Waals surface area contributed by atoms with Gasteiger partial charge in [-0.05, 0) is 13.1 Å². The van der Waals surface area contributed by atoms with Crippen LogP contribution in [0.2, 0.25) is 0 Å². The van der Waals surface area contributed by atoms with Gasteiger partial charge in [0.15, 0.2) is 5.69 Å². The summed E-state index contributed by atoms with van der Waals surface area (Å²) in [6.45, 7) is 6.35. The summed E-state index contributed by atoms with van der Waals surface area (Å²) in [5.74, 6) is -0.0429. The molecule has 108 valence electrons. The summed E-state index contributed by atoms with van der Waals surface area (Å²) in [7, 11) is 0. The van der Waals surface area contributed by atoms with E-state index in [0.717, 1.165) is 13.1 Å². The van der Waals surface area contributed by atoms with Gasteiger partial charge in [0.05, 0.1) is 5.88 Å². The van der Waals surface area contributed by atoms with Crippen molar-refractivity contribution in [3.8, 4) is 0 Å². The summed E-state index contributed by atoms with van der Waals surface area (Å²) in [5.41, 5.74) is -1.01. The summed E-state index contributed by atoms with van der Waals surface area (Å²) in [5, 5.41) is 0. The third kappa shape index (κ3) is 4.62. The number of likely N-dealkylation sites (N-methyl/N-ethyl adjacent to an activating group) is 1. The van der Waals surface area contributed by atoms with Crippen LogP contribution in [0, 0.1) is 0 Å². The van der Waals surface area contributed by atoms with Crippen molar-refractivity contribution >= 4 is 11.6 Å². The average molecular weight is 296 g/mol. The van der Waals surface area contributed by atoms with Crippen LogP contribution in [0.4, 0.5) is 13.2 Å². The van der Waals surface area contributed by atoms with Crippen LogP contribution < -0.4 is 0 Å². The number of alkyl halides is 4. The molecule has 19 heavy (non-hydrogen) atoms. The minimum Gasteiger partial charge on any atom is -0.303 e. The molecule has 0 aliphatic carbocycles. The van der Waals surface area contributed by atoms with Gasteiger partial charge >= 0.3 is 6.18 Å². The quantitative estimate of drug-likeness (QED) is 0.755. The molecule has 0 spiro atoms. The van der Waals surface area contributed by atoms with Crippen LogP contribution in [-0.2, 0) is 18.5 Å². The minimum atomic E-state index is -4.49. The van der Waals surface area contributed by atoms with E-state index in [2.05, 4.69) is 14.9 Å². The number of aromatic nitrogens is 2. The first kappa shape index (κ1) is 16.2. The van der Waals surface area contributed by atoms with E-state index in [1.54, 1.807) is 0 Å². The van der Waals surface area contributed by atoms with Crippen molar-refractivity contribution in [1.29, 1.82) is 0 Å². The molecule has 1 heterocycles. The zero-order chi connectivity index (χ0) is 14.5. The second kappa shape index (κ2) is 7.05. The minimum absolute atomic E-state index is 0.0826. The highest BCUT2D eigenvalue weighted by atomic mass is 35.5. The monoisotopic (exact) mass is 295 g/mol. The molecule has 0 atom stereocenters. The van der Waals surface area contributed by atoms with Crippen molar-refractivity contribution in [2.45, 2.75) is 32.3 Å². The van der Waals surface area contributed by atoms with Crippen molar-refractivity contribution in [1.82, 2.24) is 14.9 Å². The Bertz CT molecular complexity index is 406. The lowest BCUT2D eigenvalue weighted by Gasteiger charge is -2.17. The van der Waals surface area contributed by atoms with Gasteiger partial charge < -0.3 is 4.90 Å². The molecule has 0 N–H and O–H groups in total. The number of rotatable bonds is 6. The highest BCUT2D eigenvalue weighted by Crippen LogP contribution is 2.30. The van der Waals surface area contributed by atoms with E-state index in [1.165, 1.54) is 6.20 Å². The molecule has 7 heteroatoms. The van der Waals surface area contributed by atoms with Crippen LogP contribution in [0.15, 0.2) is 6.20 Å². The summed E-state index contributed by atoms with van der Waals surface area (Å²) < 4.78 is 38.4. The van der Waals surface area contributed by atoms with Crippen molar-refractivity contribution in [2.75, 3.05) is 19.6 Å². The van der Waals surface area contributed by atoms with Gasteiger partial charge in [0.1, 0.15) is 5.82 Å². The summed E-state index contributed by atoms with van der Waals surface area (Å²) in [4.78, 5) is 9.65. The lowest BCUT2D eigenvalue weighted by molar-refractivity contribution is -0.141. The van der Waals surface area contributed by atoms with Gasteiger partial charge in [-0.15, -0.1) is 11.6 Å². The Morgan fingerprint density at radius 3 is 2.37 bits per heavy atom. The molecule has 0 saturated carbocycles. The Labute approximate surface area is 115 Å². The Morgan fingerprint density at radius 2 is 1.89 bits per heavy atom. The molecule has 1 aromatic heterocycles.